The van der Waals surface area contributed by atoms with Gasteiger partial charge in [-0.05, 0) is 36.8 Å². The molecule has 0 saturated heterocycles. The van der Waals surface area contributed by atoms with Gasteiger partial charge in [-0.15, -0.1) is 11.6 Å². The molecule has 1 heterocycles. The van der Waals surface area contributed by atoms with Gasteiger partial charge in [-0.25, -0.2) is 4.98 Å². The van der Waals surface area contributed by atoms with Crippen LogP contribution < -0.4 is 4.90 Å². The molecular formula is C15H15Cl3N2. The highest BCUT2D eigenvalue weighted by molar-refractivity contribution is 6.32. The molecule has 20 heavy (non-hydrogen) atoms. The van der Waals surface area contributed by atoms with Crippen molar-refractivity contribution < 1.29 is 0 Å². The van der Waals surface area contributed by atoms with Crippen LogP contribution in [0.2, 0.25) is 10.0 Å². The first-order valence-electron chi connectivity index (χ1n) is 6.22. The fourth-order valence-corrected chi connectivity index (χ4v) is 2.59. The van der Waals surface area contributed by atoms with Crippen molar-refractivity contribution in [1.29, 1.82) is 0 Å². The van der Waals surface area contributed by atoms with Gasteiger partial charge < -0.3 is 4.90 Å². The number of hydrogen-bond donors (Lipinski definition) is 0. The Bertz CT molecular complexity index is 601. The van der Waals surface area contributed by atoms with Crippen molar-refractivity contribution in [3.8, 4) is 0 Å². The highest BCUT2D eigenvalue weighted by Gasteiger charge is 2.15. The molecule has 0 amide bonds. The summed E-state index contributed by atoms with van der Waals surface area (Å²) >= 11 is 17.9. The third kappa shape index (κ3) is 3.38. The second kappa shape index (κ2) is 6.66. The first kappa shape index (κ1) is 15.4. The van der Waals surface area contributed by atoms with E-state index in [1.165, 1.54) is 0 Å². The summed E-state index contributed by atoms with van der Waals surface area (Å²) in [7, 11) is 1.99. The van der Waals surface area contributed by atoms with Gasteiger partial charge in [0.1, 0.15) is 5.82 Å². The maximum atomic E-state index is 6.04. The van der Waals surface area contributed by atoms with Gasteiger partial charge in [-0.2, -0.15) is 0 Å². The average Bonchev–Trinajstić information content (AvgIpc) is 2.46. The number of aromatic nitrogens is 1. The van der Waals surface area contributed by atoms with E-state index in [0.717, 1.165) is 16.4 Å². The van der Waals surface area contributed by atoms with Crippen LogP contribution in [-0.4, -0.2) is 12.0 Å². The van der Waals surface area contributed by atoms with Gasteiger partial charge >= 0.3 is 0 Å². The van der Waals surface area contributed by atoms with Crippen LogP contribution >= 0.6 is 34.8 Å². The van der Waals surface area contributed by atoms with E-state index in [1.807, 2.05) is 43.4 Å². The highest BCUT2D eigenvalue weighted by Crippen LogP contribution is 2.27. The molecule has 0 saturated carbocycles. The Morgan fingerprint density at radius 2 is 1.95 bits per heavy atom. The van der Waals surface area contributed by atoms with E-state index in [9.17, 15) is 0 Å². The van der Waals surface area contributed by atoms with Crippen molar-refractivity contribution in [3.63, 3.8) is 0 Å². The number of rotatable bonds is 4. The summed E-state index contributed by atoms with van der Waals surface area (Å²) in [6.45, 7) is 2.10. The number of benzene rings is 1. The molecule has 0 aliphatic rings. The molecule has 1 unspecified atom stereocenters. The van der Waals surface area contributed by atoms with Crippen LogP contribution in [0.25, 0.3) is 0 Å². The zero-order valence-corrected chi connectivity index (χ0v) is 13.5. The summed E-state index contributed by atoms with van der Waals surface area (Å²) in [5.74, 6) is 1.13. The van der Waals surface area contributed by atoms with Gasteiger partial charge in [0.2, 0.25) is 0 Å². The van der Waals surface area contributed by atoms with Gasteiger partial charge in [0, 0.05) is 12.1 Å². The van der Waals surface area contributed by atoms with Crippen molar-refractivity contribution >= 4 is 40.6 Å². The number of nitrogens with zero attached hydrogens (tertiary/aromatic N) is 2. The summed E-state index contributed by atoms with van der Waals surface area (Å²) in [4.78, 5) is 6.56. The molecule has 0 aliphatic carbocycles. The fourth-order valence-electron chi connectivity index (χ4n) is 1.95. The van der Waals surface area contributed by atoms with Gasteiger partial charge in [-0.3, -0.25) is 0 Å². The number of alkyl halides is 1. The Morgan fingerprint density at radius 1 is 1.20 bits per heavy atom. The molecule has 0 N–H and O–H groups in total. The smallest absolute Gasteiger partial charge is 0.129 e. The van der Waals surface area contributed by atoms with Gasteiger partial charge in [-0.1, -0.05) is 35.3 Å². The standard InChI is InChI=1S/C15H15Cl3N2/c1-10(11-4-3-5-12(17)8-11)20(2)15-7-6-13(18)14(9-16)19-15/h3-8,10H,9H2,1-2H3. The Morgan fingerprint density at radius 3 is 2.60 bits per heavy atom. The molecule has 2 aromatic rings. The second-order valence-corrected chi connectivity index (χ2v) is 5.68. The maximum Gasteiger partial charge on any atom is 0.129 e. The Kier molecular flexibility index (Phi) is 5.14. The summed E-state index contributed by atoms with van der Waals surface area (Å²) in [5, 5.41) is 1.32. The molecule has 0 aliphatic heterocycles. The lowest BCUT2D eigenvalue weighted by Gasteiger charge is -2.27. The topological polar surface area (TPSA) is 16.1 Å². The molecule has 0 fully saturated rings. The van der Waals surface area contributed by atoms with Gasteiger partial charge in [0.15, 0.2) is 0 Å². The highest BCUT2D eigenvalue weighted by atomic mass is 35.5. The van der Waals surface area contributed by atoms with E-state index in [4.69, 9.17) is 34.8 Å². The van der Waals surface area contributed by atoms with Crippen molar-refractivity contribution in [2.45, 2.75) is 18.8 Å². The number of pyridine rings is 1. The van der Waals surface area contributed by atoms with Crippen LogP contribution in [-0.2, 0) is 5.88 Å². The lowest BCUT2D eigenvalue weighted by molar-refractivity contribution is 0.727. The zero-order valence-electron chi connectivity index (χ0n) is 11.3. The van der Waals surface area contributed by atoms with Crippen LogP contribution in [0.3, 0.4) is 0 Å². The molecule has 0 bridgehead atoms. The van der Waals surface area contributed by atoms with Gasteiger partial charge in [0.05, 0.1) is 22.6 Å². The van der Waals surface area contributed by atoms with E-state index in [2.05, 4.69) is 16.8 Å². The first-order chi connectivity index (χ1) is 9.52. The lowest BCUT2D eigenvalue weighted by atomic mass is 10.1. The normalized spacial score (nSPS) is 12.2. The third-order valence-corrected chi connectivity index (χ3v) is 4.14. The zero-order chi connectivity index (χ0) is 14.7. The Labute approximate surface area is 134 Å². The van der Waals surface area contributed by atoms with Crippen LogP contribution in [0.5, 0.6) is 0 Å². The summed E-state index contributed by atoms with van der Waals surface area (Å²) < 4.78 is 0. The van der Waals surface area contributed by atoms with Crippen molar-refractivity contribution in [1.82, 2.24) is 4.98 Å². The number of hydrogen-bond acceptors (Lipinski definition) is 2. The second-order valence-electron chi connectivity index (χ2n) is 4.57. The SMILES string of the molecule is CC(c1cccc(Cl)c1)N(C)c1ccc(Cl)c(CCl)n1. The fraction of sp³-hybridized carbons (Fsp3) is 0.267. The van der Waals surface area contributed by atoms with E-state index in [0.29, 0.717) is 16.6 Å². The van der Waals surface area contributed by atoms with E-state index >= 15 is 0 Å². The van der Waals surface area contributed by atoms with Crippen molar-refractivity contribution in [2.75, 3.05) is 11.9 Å². The predicted molar refractivity (Wildman–Crippen MR) is 87.1 cm³/mol. The summed E-state index contributed by atoms with van der Waals surface area (Å²) in [6, 6.07) is 11.7. The minimum atomic E-state index is 0.144. The predicted octanol–water partition coefficient (Wildman–Crippen LogP) is 5.32. The molecule has 1 aromatic heterocycles. The minimum Gasteiger partial charge on any atom is -0.353 e. The van der Waals surface area contributed by atoms with Crippen molar-refractivity contribution in [2.24, 2.45) is 0 Å². The van der Waals surface area contributed by atoms with Gasteiger partial charge in [0.25, 0.3) is 0 Å². The summed E-state index contributed by atoms with van der Waals surface area (Å²) in [5.41, 5.74) is 1.82. The maximum absolute atomic E-state index is 6.04. The molecule has 2 rings (SSSR count). The molecule has 5 heteroatoms. The Hall–Kier alpha value is -0.960. The first-order valence-corrected chi connectivity index (χ1v) is 7.51. The minimum absolute atomic E-state index is 0.144. The largest absolute Gasteiger partial charge is 0.353 e. The van der Waals surface area contributed by atoms with Crippen LogP contribution in [0.15, 0.2) is 36.4 Å². The van der Waals surface area contributed by atoms with Crippen LogP contribution in [0, 0.1) is 0 Å². The molecule has 0 spiro atoms. The monoisotopic (exact) mass is 328 g/mol. The molecular weight excluding hydrogens is 315 g/mol. The lowest BCUT2D eigenvalue weighted by Crippen LogP contribution is -2.22. The molecule has 1 atom stereocenters. The molecule has 106 valence electrons. The van der Waals surface area contributed by atoms with E-state index < -0.39 is 0 Å². The molecule has 1 aromatic carbocycles. The van der Waals surface area contributed by atoms with Crippen LogP contribution in [0.4, 0.5) is 5.82 Å². The van der Waals surface area contributed by atoms with E-state index in [1.54, 1.807) is 0 Å². The van der Waals surface area contributed by atoms with E-state index in [-0.39, 0.29) is 6.04 Å². The average molecular weight is 330 g/mol. The summed E-state index contributed by atoms with van der Waals surface area (Å²) in [6.07, 6.45) is 0. The number of anilines is 1. The van der Waals surface area contributed by atoms with Crippen molar-refractivity contribution in [3.05, 3.63) is 57.7 Å². The number of halogens is 3. The Balaban J connectivity index is 2.28. The molecule has 0 radical (unpaired) electrons. The molecule has 2 nitrogen and oxygen atoms in total. The third-order valence-electron chi connectivity index (χ3n) is 3.30. The van der Waals surface area contributed by atoms with Crippen LogP contribution in [0.1, 0.15) is 24.2 Å². The quantitative estimate of drug-likeness (QED) is 0.705.